The molecule has 0 aliphatic carbocycles. The molecule has 4 aromatic carbocycles. The molecule has 0 fully saturated rings. The Labute approximate surface area is 212 Å². The molecule has 0 aromatic heterocycles. The van der Waals surface area contributed by atoms with Gasteiger partial charge in [0.25, 0.3) is 0 Å². The van der Waals surface area contributed by atoms with Gasteiger partial charge in [0.15, 0.2) is 0 Å². The number of rotatable bonds is 9. The van der Waals surface area contributed by atoms with Crippen LogP contribution in [0.25, 0.3) is 22.3 Å². The SMILES string of the molecule is CCCCCC(C)(C)c1ccc(-c2cc(Nc3ccc(C)cc3C)ccc2-c2ccccc2)cc1. The van der Waals surface area contributed by atoms with Crippen molar-refractivity contribution in [3.05, 3.63) is 108 Å². The Bertz CT molecular complexity index is 1250. The van der Waals surface area contributed by atoms with Gasteiger partial charge in [0.05, 0.1) is 0 Å². The first-order valence-electron chi connectivity index (χ1n) is 13.0. The van der Waals surface area contributed by atoms with Gasteiger partial charge in [-0.05, 0) is 77.3 Å². The summed E-state index contributed by atoms with van der Waals surface area (Å²) in [5.74, 6) is 0. The molecule has 0 aliphatic rings. The molecule has 0 radical (unpaired) electrons. The molecule has 4 rings (SSSR count). The summed E-state index contributed by atoms with van der Waals surface area (Å²) in [4.78, 5) is 0. The minimum Gasteiger partial charge on any atom is -0.355 e. The molecule has 0 aliphatic heterocycles. The minimum atomic E-state index is 0.197. The van der Waals surface area contributed by atoms with Gasteiger partial charge in [-0.3, -0.25) is 0 Å². The van der Waals surface area contributed by atoms with E-state index in [4.69, 9.17) is 0 Å². The lowest BCUT2D eigenvalue weighted by molar-refractivity contribution is 0.450. The second-order valence-corrected chi connectivity index (χ2v) is 10.5. The van der Waals surface area contributed by atoms with Crippen LogP contribution in [0.1, 0.15) is 63.1 Å². The van der Waals surface area contributed by atoms with Gasteiger partial charge in [0, 0.05) is 11.4 Å². The topological polar surface area (TPSA) is 12.0 Å². The molecule has 0 atom stereocenters. The smallest absolute Gasteiger partial charge is 0.0414 e. The number of hydrogen-bond donors (Lipinski definition) is 1. The van der Waals surface area contributed by atoms with E-state index < -0.39 is 0 Å². The van der Waals surface area contributed by atoms with Crippen LogP contribution in [0.5, 0.6) is 0 Å². The van der Waals surface area contributed by atoms with Crippen molar-refractivity contribution < 1.29 is 0 Å². The fourth-order valence-corrected chi connectivity index (χ4v) is 4.90. The highest BCUT2D eigenvalue weighted by atomic mass is 14.9. The van der Waals surface area contributed by atoms with Crippen LogP contribution in [0.2, 0.25) is 0 Å². The number of nitrogens with one attached hydrogen (secondary N) is 1. The van der Waals surface area contributed by atoms with Crippen LogP contribution in [-0.4, -0.2) is 0 Å². The van der Waals surface area contributed by atoms with E-state index in [0.29, 0.717) is 0 Å². The van der Waals surface area contributed by atoms with Gasteiger partial charge >= 0.3 is 0 Å². The second kappa shape index (κ2) is 11.0. The van der Waals surface area contributed by atoms with Crippen LogP contribution < -0.4 is 5.32 Å². The third kappa shape index (κ3) is 6.03. The Morgan fingerprint density at radius 1 is 0.686 bits per heavy atom. The lowest BCUT2D eigenvalue weighted by Gasteiger charge is -2.26. The standard InChI is InChI=1S/C34H39N/c1-6-7-11-22-34(4,5)29-17-15-28(16-18-29)32-24-30(35-33-21-14-25(2)23-26(33)3)19-20-31(32)27-12-9-8-10-13-27/h8-10,12-21,23-24,35H,6-7,11,22H2,1-5H3. The molecule has 0 bridgehead atoms. The molecule has 0 spiro atoms. The third-order valence-electron chi connectivity index (χ3n) is 7.15. The summed E-state index contributed by atoms with van der Waals surface area (Å²) in [5, 5.41) is 3.65. The van der Waals surface area contributed by atoms with Gasteiger partial charge in [-0.25, -0.2) is 0 Å². The zero-order valence-corrected chi connectivity index (χ0v) is 22.0. The van der Waals surface area contributed by atoms with E-state index in [1.807, 2.05) is 0 Å². The second-order valence-electron chi connectivity index (χ2n) is 10.5. The van der Waals surface area contributed by atoms with Crippen molar-refractivity contribution in [3.8, 4) is 22.3 Å². The lowest BCUT2D eigenvalue weighted by atomic mass is 9.79. The maximum atomic E-state index is 3.65. The normalized spacial score (nSPS) is 11.5. The van der Waals surface area contributed by atoms with E-state index in [1.54, 1.807) is 0 Å². The van der Waals surface area contributed by atoms with E-state index in [9.17, 15) is 0 Å². The monoisotopic (exact) mass is 461 g/mol. The quantitative estimate of drug-likeness (QED) is 0.244. The summed E-state index contributed by atoms with van der Waals surface area (Å²) in [6.45, 7) is 11.3. The first kappa shape index (κ1) is 24.8. The lowest BCUT2D eigenvalue weighted by Crippen LogP contribution is -2.16. The highest BCUT2D eigenvalue weighted by molar-refractivity contribution is 5.86. The van der Waals surface area contributed by atoms with Crippen molar-refractivity contribution >= 4 is 11.4 Å². The molecule has 1 nitrogen and oxygen atoms in total. The summed E-state index contributed by atoms with van der Waals surface area (Å²) in [6.07, 6.45) is 5.09. The fourth-order valence-electron chi connectivity index (χ4n) is 4.90. The number of unbranched alkanes of at least 4 members (excludes halogenated alkanes) is 2. The van der Waals surface area contributed by atoms with Crippen LogP contribution in [0, 0.1) is 13.8 Å². The molecule has 0 saturated carbocycles. The number of hydrogen-bond acceptors (Lipinski definition) is 1. The maximum Gasteiger partial charge on any atom is 0.0414 e. The molecule has 0 heterocycles. The van der Waals surface area contributed by atoms with Crippen LogP contribution >= 0.6 is 0 Å². The molecular formula is C34H39N. The van der Waals surface area contributed by atoms with Gasteiger partial charge in [-0.15, -0.1) is 0 Å². The average molecular weight is 462 g/mol. The van der Waals surface area contributed by atoms with Gasteiger partial charge in [0.2, 0.25) is 0 Å². The van der Waals surface area contributed by atoms with E-state index in [1.165, 1.54) is 64.6 Å². The summed E-state index contributed by atoms with van der Waals surface area (Å²) in [7, 11) is 0. The van der Waals surface area contributed by atoms with Crippen LogP contribution in [-0.2, 0) is 5.41 Å². The summed E-state index contributed by atoms with van der Waals surface area (Å²) < 4.78 is 0. The molecule has 4 aromatic rings. The highest BCUT2D eigenvalue weighted by Crippen LogP contribution is 2.37. The Balaban J connectivity index is 1.70. The van der Waals surface area contributed by atoms with Gasteiger partial charge in [0.1, 0.15) is 0 Å². The maximum absolute atomic E-state index is 3.65. The van der Waals surface area contributed by atoms with Crippen LogP contribution in [0.4, 0.5) is 11.4 Å². The molecule has 0 saturated heterocycles. The van der Waals surface area contributed by atoms with Crippen molar-refractivity contribution in [1.82, 2.24) is 0 Å². The van der Waals surface area contributed by atoms with Crippen LogP contribution in [0.15, 0.2) is 91.0 Å². The van der Waals surface area contributed by atoms with E-state index in [0.717, 1.165) is 11.4 Å². The van der Waals surface area contributed by atoms with Crippen molar-refractivity contribution in [2.45, 2.75) is 65.7 Å². The average Bonchev–Trinajstić information content (AvgIpc) is 2.86. The van der Waals surface area contributed by atoms with Gasteiger partial charge in [-0.2, -0.15) is 0 Å². The Kier molecular flexibility index (Phi) is 7.76. The zero-order valence-electron chi connectivity index (χ0n) is 22.0. The predicted octanol–water partition coefficient (Wildman–Crippen LogP) is 10.2. The first-order chi connectivity index (χ1) is 16.9. The highest BCUT2D eigenvalue weighted by Gasteiger charge is 2.20. The zero-order chi connectivity index (χ0) is 24.8. The first-order valence-corrected chi connectivity index (χ1v) is 13.0. The Hall–Kier alpha value is -3.32. The molecule has 1 heteroatoms. The van der Waals surface area contributed by atoms with Crippen molar-refractivity contribution in [2.75, 3.05) is 5.32 Å². The summed E-state index contributed by atoms with van der Waals surface area (Å²) in [5.41, 5.74) is 11.4. The minimum absolute atomic E-state index is 0.197. The molecular weight excluding hydrogens is 422 g/mol. The van der Waals surface area contributed by atoms with Crippen molar-refractivity contribution in [2.24, 2.45) is 0 Å². The summed E-state index contributed by atoms with van der Waals surface area (Å²) in [6, 6.07) is 33.3. The molecule has 0 unspecified atom stereocenters. The molecule has 0 amide bonds. The Morgan fingerprint density at radius 2 is 1.40 bits per heavy atom. The molecule has 35 heavy (non-hydrogen) atoms. The number of anilines is 2. The number of aryl methyl sites for hydroxylation is 2. The van der Waals surface area contributed by atoms with E-state index in [-0.39, 0.29) is 5.41 Å². The third-order valence-corrected chi connectivity index (χ3v) is 7.15. The number of benzene rings is 4. The van der Waals surface area contributed by atoms with Gasteiger partial charge < -0.3 is 5.32 Å². The van der Waals surface area contributed by atoms with E-state index >= 15 is 0 Å². The van der Waals surface area contributed by atoms with Crippen LogP contribution in [0.3, 0.4) is 0 Å². The van der Waals surface area contributed by atoms with Crippen molar-refractivity contribution in [1.29, 1.82) is 0 Å². The van der Waals surface area contributed by atoms with Gasteiger partial charge in [-0.1, -0.05) is 118 Å². The van der Waals surface area contributed by atoms with Crippen molar-refractivity contribution in [3.63, 3.8) is 0 Å². The Morgan fingerprint density at radius 3 is 2.09 bits per heavy atom. The summed E-state index contributed by atoms with van der Waals surface area (Å²) >= 11 is 0. The van der Waals surface area contributed by atoms with E-state index in [2.05, 4.69) is 131 Å². The fraction of sp³-hybridized carbons (Fsp3) is 0.294. The molecule has 180 valence electrons. The molecule has 1 N–H and O–H groups in total. The largest absolute Gasteiger partial charge is 0.355 e. The predicted molar refractivity (Wildman–Crippen MR) is 154 cm³/mol.